The molecule has 0 fully saturated rings. The van der Waals surface area contributed by atoms with Gasteiger partial charge in [-0.25, -0.2) is 9.50 Å². The molecule has 0 spiro atoms. The van der Waals surface area contributed by atoms with Crippen molar-refractivity contribution in [2.45, 2.75) is 26.9 Å². The molecule has 4 nitrogen and oxygen atoms in total. The minimum absolute atomic E-state index is 0.328. The summed E-state index contributed by atoms with van der Waals surface area (Å²) in [4.78, 5) is 4.28. The van der Waals surface area contributed by atoms with Crippen LogP contribution in [0.5, 0.6) is 0 Å². The van der Waals surface area contributed by atoms with Crippen molar-refractivity contribution in [1.82, 2.24) is 14.6 Å². The Morgan fingerprint density at radius 3 is 2.52 bits per heavy atom. The molecule has 0 saturated heterocycles. The summed E-state index contributed by atoms with van der Waals surface area (Å²) >= 11 is 12.4. The van der Waals surface area contributed by atoms with Gasteiger partial charge in [0, 0.05) is 15.8 Å². The molecule has 21 heavy (non-hydrogen) atoms. The highest BCUT2D eigenvalue weighted by atomic mass is 35.5. The third-order valence-electron chi connectivity index (χ3n) is 3.52. The summed E-state index contributed by atoms with van der Waals surface area (Å²) in [7, 11) is 0. The Morgan fingerprint density at radius 1 is 1.14 bits per heavy atom. The number of nitrogens with zero attached hydrogens (tertiary/aromatic N) is 3. The fourth-order valence-electron chi connectivity index (χ4n) is 2.38. The van der Waals surface area contributed by atoms with E-state index in [0.29, 0.717) is 21.4 Å². The van der Waals surface area contributed by atoms with Crippen LogP contribution in [0.2, 0.25) is 10.0 Å². The van der Waals surface area contributed by atoms with Gasteiger partial charge in [-0.3, -0.25) is 0 Å². The van der Waals surface area contributed by atoms with Crippen LogP contribution in [0.1, 0.15) is 32.6 Å². The Bertz CT molecular complexity index is 836. The van der Waals surface area contributed by atoms with Crippen molar-refractivity contribution in [3.63, 3.8) is 0 Å². The normalized spacial score (nSPS) is 14.0. The first-order valence-electron chi connectivity index (χ1n) is 6.58. The Kier molecular flexibility index (Phi) is 3.35. The van der Waals surface area contributed by atoms with Gasteiger partial charge in [-0.05, 0) is 23.6 Å². The van der Waals surface area contributed by atoms with E-state index >= 15 is 0 Å². The first kappa shape index (κ1) is 14.6. The van der Waals surface area contributed by atoms with Crippen LogP contribution in [-0.2, 0) is 0 Å². The number of pyridine rings is 1. The maximum absolute atomic E-state index is 10.6. The maximum atomic E-state index is 10.6. The Morgan fingerprint density at radius 2 is 1.86 bits per heavy atom. The highest BCUT2D eigenvalue weighted by Crippen LogP contribution is 2.37. The summed E-state index contributed by atoms with van der Waals surface area (Å²) in [6, 6.07) is 5.34. The zero-order valence-corrected chi connectivity index (χ0v) is 13.4. The summed E-state index contributed by atoms with van der Waals surface area (Å²) in [5, 5.41) is 17.5. The van der Waals surface area contributed by atoms with Crippen molar-refractivity contribution in [1.29, 1.82) is 0 Å². The first-order chi connectivity index (χ1) is 9.79. The average molecular weight is 324 g/mol. The third kappa shape index (κ3) is 2.37. The summed E-state index contributed by atoms with van der Waals surface area (Å²) in [6.45, 7) is 5.90. The summed E-state index contributed by atoms with van der Waals surface area (Å²) in [6.07, 6.45) is 0.764. The molecule has 0 aliphatic rings. The molecule has 2 heterocycles. The molecule has 0 bridgehead atoms. The van der Waals surface area contributed by atoms with Gasteiger partial charge in [0.15, 0.2) is 5.65 Å². The van der Waals surface area contributed by atoms with E-state index in [1.165, 1.54) is 6.33 Å². The highest BCUT2D eigenvalue weighted by Gasteiger charge is 2.27. The zero-order valence-electron chi connectivity index (χ0n) is 11.9. The second kappa shape index (κ2) is 4.83. The smallest absolute Gasteiger partial charge is 0.163 e. The predicted molar refractivity (Wildman–Crippen MR) is 84.9 cm³/mol. The number of halogens is 2. The van der Waals surface area contributed by atoms with Gasteiger partial charge in [-0.1, -0.05) is 44.0 Å². The quantitative estimate of drug-likeness (QED) is 0.727. The molecule has 0 radical (unpaired) electrons. The lowest BCUT2D eigenvalue weighted by Crippen LogP contribution is -2.20. The van der Waals surface area contributed by atoms with Crippen molar-refractivity contribution in [3.8, 4) is 0 Å². The fourth-order valence-corrected chi connectivity index (χ4v) is 2.93. The molecule has 0 amide bonds. The second-order valence-electron chi connectivity index (χ2n) is 6.18. The molecule has 1 aromatic carbocycles. The minimum Gasteiger partial charge on any atom is -0.386 e. The largest absolute Gasteiger partial charge is 0.386 e. The van der Waals surface area contributed by atoms with Crippen LogP contribution >= 0.6 is 23.2 Å². The number of fused-ring (bicyclic) bond motifs is 3. The van der Waals surface area contributed by atoms with Gasteiger partial charge in [0.1, 0.15) is 12.4 Å². The van der Waals surface area contributed by atoms with Gasteiger partial charge in [0.05, 0.1) is 10.7 Å². The summed E-state index contributed by atoms with van der Waals surface area (Å²) in [5.41, 5.74) is 0.966. The van der Waals surface area contributed by atoms with E-state index in [0.717, 1.165) is 10.8 Å². The highest BCUT2D eigenvalue weighted by molar-refractivity contribution is 6.39. The van der Waals surface area contributed by atoms with Gasteiger partial charge in [0.2, 0.25) is 0 Å². The monoisotopic (exact) mass is 323 g/mol. The number of hydrogen-bond donors (Lipinski definition) is 1. The number of hydrogen-bond acceptors (Lipinski definition) is 3. The molecule has 1 atom stereocenters. The molecule has 110 valence electrons. The first-order valence-corrected chi connectivity index (χ1v) is 7.34. The van der Waals surface area contributed by atoms with Crippen molar-refractivity contribution in [2.24, 2.45) is 5.41 Å². The van der Waals surface area contributed by atoms with E-state index in [2.05, 4.69) is 10.1 Å². The van der Waals surface area contributed by atoms with Crippen LogP contribution in [0.4, 0.5) is 0 Å². The van der Waals surface area contributed by atoms with E-state index in [1.54, 1.807) is 16.6 Å². The number of rotatable bonds is 1. The number of aromatic nitrogens is 3. The molecular formula is C15H15Cl2N3O. The van der Waals surface area contributed by atoms with Crippen molar-refractivity contribution < 1.29 is 5.11 Å². The van der Waals surface area contributed by atoms with Crippen LogP contribution in [0.25, 0.3) is 16.4 Å². The van der Waals surface area contributed by atoms with Gasteiger partial charge in [-0.2, -0.15) is 5.10 Å². The van der Waals surface area contributed by atoms with E-state index in [1.807, 2.05) is 26.8 Å². The fraction of sp³-hybridized carbons (Fsp3) is 0.333. The van der Waals surface area contributed by atoms with E-state index in [9.17, 15) is 5.11 Å². The molecule has 0 aliphatic carbocycles. The summed E-state index contributed by atoms with van der Waals surface area (Å²) in [5.74, 6) is 0. The van der Waals surface area contributed by atoms with E-state index in [4.69, 9.17) is 23.2 Å². The van der Waals surface area contributed by atoms with Crippen LogP contribution in [-0.4, -0.2) is 19.7 Å². The lowest BCUT2D eigenvalue weighted by Gasteiger charge is -2.26. The van der Waals surface area contributed by atoms with Crippen LogP contribution in [0, 0.1) is 5.41 Å². The topological polar surface area (TPSA) is 50.4 Å². The van der Waals surface area contributed by atoms with Crippen LogP contribution in [0.3, 0.4) is 0 Å². The molecule has 1 N–H and O–H groups in total. The Labute approximate surface area is 132 Å². The lowest BCUT2D eigenvalue weighted by atomic mass is 9.86. The minimum atomic E-state index is -0.696. The van der Waals surface area contributed by atoms with Gasteiger partial charge in [0.25, 0.3) is 0 Å². The molecule has 6 heteroatoms. The Hall–Kier alpha value is -1.36. The Balaban J connectivity index is 2.42. The number of benzene rings is 1. The van der Waals surface area contributed by atoms with Crippen molar-refractivity contribution in [2.75, 3.05) is 0 Å². The molecule has 3 rings (SSSR count). The standard InChI is InChI=1S/C15H15Cl2N3O/c1-15(2,3)13(21)12-6-9-10(4-8(16)5-11(9)17)14-18-7-19-20(12)14/h4-7,13,21H,1-3H3/t13-/m0/s1. The molecule has 0 aliphatic heterocycles. The second-order valence-corrected chi connectivity index (χ2v) is 7.03. The van der Waals surface area contributed by atoms with Gasteiger partial charge in [-0.15, -0.1) is 0 Å². The zero-order chi connectivity index (χ0) is 15.4. The predicted octanol–water partition coefficient (Wildman–Crippen LogP) is 4.27. The van der Waals surface area contributed by atoms with Gasteiger partial charge < -0.3 is 5.11 Å². The van der Waals surface area contributed by atoms with E-state index < -0.39 is 6.10 Å². The summed E-state index contributed by atoms with van der Waals surface area (Å²) < 4.78 is 1.64. The molecule has 2 aromatic heterocycles. The SMILES string of the molecule is CC(C)(C)[C@@H](O)c1cc2c(Cl)cc(Cl)cc2c2ncnn12. The molecule has 0 unspecified atom stereocenters. The average Bonchev–Trinajstić information content (AvgIpc) is 2.85. The van der Waals surface area contributed by atoms with Gasteiger partial charge >= 0.3 is 0 Å². The number of aliphatic hydroxyl groups is 1. The molecule has 3 aromatic rings. The molecular weight excluding hydrogens is 309 g/mol. The van der Waals surface area contributed by atoms with Crippen LogP contribution < -0.4 is 0 Å². The van der Waals surface area contributed by atoms with Crippen molar-refractivity contribution >= 4 is 39.6 Å². The van der Waals surface area contributed by atoms with E-state index in [-0.39, 0.29) is 5.41 Å². The van der Waals surface area contributed by atoms with Crippen molar-refractivity contribution in [3.05, 3.63) is 40.3 Å². The third-order valence-corrected chi connectivity index (χ3v) is 4.05. The van der Waals surface area contributed by atoms with Crippen LogP contribution in [0.15, 0.2) is 24.5 Å². The number of aliphatic hydroxyl groups excluding tert-OH is 1. The lowest BCUT2D eigenvalue weighted by molar-refractivity contribution is 0.0572. The maximum Gasteiger partial charge on any atom is 0.163 e. The molecule has 0 saturated carbocycles.